The Morgan fingerprint density at radius 3 is 2.29 bits per heavy atom. The van der Waals surface area contributed by atoms with Gasteiger partial charge in [-0.25, -0.2) is 0 Å². The normalized spacial score (nSPS) is 28.2. The number of hydrogen-bond acceptors (Lipinski definition) is 2. The van der Waals surface area contributed by atoms with Crippen LogP contribution >= 0.6 is 11.8 Å². The molecule has 14 heavy (non-hydrogen) atoms. The van der Waals surface area contributed by atoms with E-state index >= 15 is 0 Å². The molecule has 1 amide bonds. The van der Waals surface area contributed by atoms with E-state index in [0.29, 0.717) is 23.2 Å². The second kappa shape index (κ2) is 4.56. The molecular weight excluding hydrogens is 194 g/mol. The van der Waals surface area contributed by atoms with Crippen LogP contribution in [0.15, 0.2) is 0 Å². The predicted molar refractivity (Wildman–Crippen MR) is 62.6 cm³/mol. The fourth-order valence-electron chi connectivity index (χ4n) is 2.11. The maximum absolute atomic E-state index is 12.0. The van der Waals surface area contributed by atoms with Gasteiger partial charge in [0.1, 0.15) is 0 Å². The zero-order valence-corrected chi connectivity index (χ0v) is 10.6. The molecule has 1 saturated heterocycles. The molecule has 1 rings (SSSR count). The van der Waals surface area contributed by atoms with Crippen LogP contribution in [0, 0.1) is 0 Å². The molecule has 0 aromatic carbocycles. The number of carbonyl (C=O) groups excluding carboxylic acids is 1. The van der Waals surface area contributed by atoms with Crippen molar-refractivity contribution in [2.75, 3.05) is 0 Å². The standard InChI is InChI=1S/C11H21NOS/c1-7(2)12-9(5)6-10(11(12)13)14-8(3)4/h7-10H,6H2,1-5H3. The number of amides is 1. The Kier molecular flexibility index (Phi) is 3.87. The van der Waals surface area contributed by atoms with Crippen LogP contribution in [0.4, 0.5) is 0 Å². The van der Waals surface area contributed by atoms with Gasteiger partial charge in [-0.05, 0) is 32.4 Å². The predicted octanol–water partition coefficient (Wildman–Crippen LogP) is 2.53. The Bertz CT molecular complexity index is 215. The van der Waals surface area contributed by atoms with Gasteiger partial charge in [0, 0.05) is 12.1 Å². The van der Waals surface area contributed by atoms with E-state index in [9.17, 15) is 4.79 Å². The first-order valence-electron chi connectivity index (χ1n) is 5.41. The third-order valence-electron chi connectivity index (χ3n) is 2.55. The smallest absolute Gasteiger partial charge is 0.236 e. The molecule has 82 valence electrons. The molecule has 2 atom stereocenters. The first kappa shape index (κ1) is 11.9. The van der Waals surface area contributed by atoms with Gasteiger partial charge in [0.15, 0.2) is 0 Å². The Balaban J connectivity index is 2.64. The summed E-state index contributed by atoms with van der Waals surface area (Å²) in [5.41, 5.74) is 0. The Morgan fingerprint density at radius 1 is 1.36 bits per heavy atom. The second-order valence-corrected chi connectivity index (χ2v) is 6.38. The molecule has 2 nitrogen and oxygen atoms in total. The summed E-state index contributed by atoms with van der Waals surface area (Å²) in [7, 11) is 0. The summed E-state index contributed by atoms with van der Waals surface area (Å²) < 4.78 is 0. The highest BCUT2D eigenvalue weighted by Gasteiger charge is 2.38. The van der Waals surface area contributed by atoms with Gasteiger partial charge in [-0.2, -0.15) is 0 Å². The Labute approximate surface area is 91.4 Å². The lowest BCUT2D eigenvalue weighted by Gasteiger charge is -2.25. The molecule has 0 radical (unpaired) electrons. The monoisotopic (exact) mass is 215 g/mol. The minimum absolute atomic E-state index is 0.201. The van der Waals surface area contributed by atoms with Crippen molar-refractivity contribution in [3.8, 4) is 0 Å². The largest absolute Gasteiger partial charge is 0.337 e. The Hall–Kier alpha value is -0.180. The van der Waals surface area contributed by atoms with Gasteiger partial charge < -0.3 is 4.90 Å². The molecule has 0 aromatic rings. The van der Waals surface area contributed by atoms with E-state index in [0.717, 1.165) is 6.42 Å². The topological polar surface area (TPSA) is 20.3 Å². The van der Waals surface area contributed by atoms with Gasteiger partial charge in [0.25, 0.3) is 0 Å². The van der Waals surface area contributed by atoms with Crippen molar-refractivity contribution in [2.24, 2.45) is 0 Å². The van der Waals surface area contributed by atoms with Gasteiger partial charge in [0.2, 0.25) is 5.91 Å². The highest BCUT2D eigenvalue weighted by atomic mass is 32.2. The van der Waals surface area contributed by atoms with Gasteiger partial charge in [0.05, 0.1) is 5.25 Å². The summed E-state index contributed by atoms with van der Waals surface area (Å²) in [5, 5.41) is 0.746. The summed E-state index contributed by atoms with van der Waals surface area (Å²) in [6.07, 6.45) is 1.01. The average molecular weight is 215 g/mol. The lowest BCUT2D eigenvalue weighted by atomic mass is 10.2. The van der Waals surface area contributed by atoms with Gasteiger partial charge >= 0.3 is 0 Å². The zero-order valence-electron chi connectivity index (χ0n) is 9.78. The molecule has 0 bridgehead atoms. The molecule has 0 aliphatic carbocycles. The molecule has 3 heteroatoms. The number of carbonyl (C=O) groups is 1. The third-order valence-corrected chi connectivity index (χ3v) is 3.82. The summed E-state index contributed by atoms with van der Waals surface area (Å²) in [4.78, 5) is 14.0. The lowest BCUT2D eigenvalue weighted by molar-refractivity contribution is -0.129. The number of hydrogen-bond donors (Lipinski definition) is 0. The molecule has 1 aliphatic rings. The van der Waals surface area contributed by atoms with Crippen molar-refractivity contribution in [3.63, 3.8) is 0 Å². The molecule has 0 saturated carbocycles. The van der Waals surface area contributed by atoms with E-state index in [4.69, 9.17) is 0 Å². The van der Waals surface area contributed by atoms with E-state index < -0.39 is 0 Å². The highest BCUT2D eigenvalue weighted by Crippen LogP contribution is 2.32. The number of rotatable bonds is 3. The summed E-state index contributed by atoms with van der Waals surface area (Å²) in [5.74, 6) is 0.339. The van der Waals surface area contributed by atoms with Crippen molar-refractivity contribution in [2.45, 2.75) is 63.6 Å². The second-order valence-electron chi connectivity index (χ2n) is 4.60. The highest BCUT2D eigenvalue weighted by molar-refractivity contribution is 8.01. The lowest BCUT2D eigenvalue weighted by Crippen LogP contribution is -2.38. The third kappa shape index (κ3) is 2.44. The van der Waals surface area contributed by atoms with Crippen molar-refractivity contribution in [3.05, 3.63) is 0 Å². The number of nitrogens with zero attached hydrogens (tertiary/aromatic N) is 1. The molecule has 0 aromatic heterocycles. The quantitative estimate of drug-likeness (QED) is 0.721. The first-order valence-corrected chi connectivity index (χ1v) is 6.35. The molecule has 1 aliphatic heterocycles. The fourth-order valence-corrected chi connectivity index (χ4v) is 3.40. The van der Waals surface area contributed by atoms with Crippen molar-refractivity contribution < 1.29 is 4.79 Å². The van der Waals surface area contributed by atoms with Crippen LogP contribution in [-0.2, 0) is 4.79 Å². The van der Waals surface area contributed by atoms with Crippen LogP contribution in [0.25, 0.3) is 0 Å². The van der Waals surface area contributed by atoms with Gasteiger partial charge in [-0.3, -0.25) is 4.79 Å². The van der Waals surface area contributed by atoms with E-state index in [1.165, 1.54) is 0 Å². The summed E-state index contributed by atoms with van der Waals surface area (Å²) in [6, 6.07) is 0.758. The maximum Gasteiger partial charge on any atom is 0.236 e. The SMILES string of the molecule is CC(C)SC1CC(C)N(C(C)C)C1=O. The fraction of sp³-hybridized carbons (Fsp3) is 0.909. The maximum atomic E-state index is 12.0. The number of likely N-dealkylation sites (tertiary alicyclic amines) is 1. The van der Waals surface area contributed by atoms with E-state index in [1.54, 1.807) is 11.8 Å². The van der Waals surface area contributed by atoms with Crippen LogP contribution in [0.1, 0.15) is 41.0 Å². The van der Waals surface area contributed by atoms with Gasteiger partial charge in [-0.15, -0.1) is 11.8 Å². The average Bonchev–Trinajstić information content (AvgIpc) is 2.25. The Morgan fingerprint density at radius 2 is 1.93 bits per heavy atom. The molecule has 1 heterocycles. The minimum Gasteiger partial charge on any atom is -0.337 e. The van der Waals surface area contributed by atoms with Crippen LogP contribution < -0.4 is 0 Å². The molecule has 2 unspecified atom stereocenters. The van der Waals surface area contributed by atoms with Crippen LogP contribution in [0.3, 0.4) is 0 Å². The molecule has 1 fully saturated rings. The van der Waals surface area contributed by atoms with E-state index in [2.05, 4.69) is 34.6 Å². The van der Waals surface area contributed by atoms with Crippen LogP contribution in [0.2, 0.25) is 0 Å². The molecular formula is C11H21NOS. The summed E-state index contributed by atoms with van der Waals surface area (Å²) in [6.45, 7) is 10.6. The van der Waals surface area contributed by atoms with Crippen LogP contribution in [-0.4, -0.2) is 33.4 Å². The minimum atomic E-state index is 0.201. The van der Waals surface area contributed by atoms with E-state index in [1.807, 2.05) is 4.90 Å². The van der Waals surface area contributed by atoms with E-state index in [-0.39, 0.29) is 5.25 Å². The van der Waals surface area contributed by atoms with Crippen molar-refractivity contribution in [1.82, 2.24) is 4.90 Å². The first-order chi connectivity index (χ1) is 6.43. The van der Waals surface area contributed by atoms with Crippen molar-refractivity contribution in [1.29, 1.82) is 0 Å². The van der Waals surface area contributed by atoms with Gasteiger partial charge in [-0.1, -0.05) is 13.8 Å². The summed E-state index contributed by atoms with van der Waals surface area (Å²) >= 11 is 1.80. The molecule has 0 N–H and O–H groups in total. The number of thioether (sulfide) groups is 1. The van der Waals surface area contributed by atoms with Crippen LogP contribution in [0.5, 0.6) is 0 Å². The van der Waals surface area contributed by atoms with Crippen molar-refractivity contribution >= 4 is 17.7 Å². The zero-order chi connectivity index (χ0) is 10.9. The molecule has 0 spiro atoms.